The Kier molecular flexibility index (Phi) is 8.70. The van der Waals surface area contributed by atoms with Crippen LogP contribution in [0.2, 0.25) is 0 Å². The number of nitrogens with zero attached hydrogens (tertiary/aromatic N) is 3. The average Bonchev–Trinajstić information content (AvgIpc) is 3.05. The van der Waals surface area contributed by atoms with E-state index in [0.717, 1.165) is 11.1 Å². The Balaban J connectivity index is 0.00000364. The van der Waals surface area contributed by atoms with Crippen LogP contribution >= 0.6 is 24.0 Å². The van der Waals surface area contributed by atoms with E-state index in [-0.39, 0.29) is 30.5 Å². The molecular formula is C18H27IN6O2. The summed E-state index contributed by atoms with van der Waals surface area (Å²) in [6.45, 7) is 5.11. The molecule has 0 aliphatic rings. The molecule has 2 aromatic rings. The Morgan fingerprint density at radius 3 is 2.52 bits per heavy atom. The van der Waals surface area contributed by atoms with Crippen LogP contribution in [0.5, 0.6) is 0 Å². The lowest BCUT2D eigenvalue weighted by Crippen LogP contribution is -2.44. The second-order valence-corrected chi connectivity index (χ2v) is 6.29. The fraction of sp³-hybridized carbons (Fsp3) is 0.389. The summed E-state index contributed by atoms with van der Waals surface area (Å²) < 4.78 is 1.65. The lowest BCUT2D eigenvalue weighted by atomic mass is 10.00. The van der Waals surface area contributed by atoms with Crippen LogP contribution in [0.3, 0.4) is 0 Å². The Bertz CT molecular complexity index is 770. The number of carbonyl (C=O) groups is 1. The van der Waals surface area contributed by atoms with Gasteiger partial charge in [-0.15, -0.1) is 24.0 Å². The number of nitrogens with two attached hydrogens (primary N) is 1. The van der Waals surface area contributed by atoms with Crippen molar-refractivity contribution in [3.8, 4) is 0 Å². The van der Waals surface area contributed by atoms with Gasteiger partial charge in [0.25, 0.3) is 0 Å². The van der Waals surface area contributed by atoms with Crippen LogP contribution in [-0.2, 0) is 19.2 Å². The van der Waals surface area contributed by atoms with Gasteiger partial charge in [0.2, 0.25) is 5.91 Å². The number of guanidine groups is 1. The summed E-state index contributed by atoms with van der Waals surface area (Å²) in [6, 6.07) is 7.00. The predicted octanol–water partition coefficient (Wildman–Crippen LogP) is 1.10. The average molecular weight is 486 g/mol. The number of amides is 1. The highest BCUT2D eigenvalue weighted by atomic mass is 127. The highest BCUT2D eigenvalue weighted by Gasteiger charge is 2.24. The van der Waals surface area contributed by atoms with Gasteiger partial charge in [-0.25, -0.2) is 4.99 Å². The number of rotatable bonds is 7. The quantitative estimate of drug-likeness (QED) is 0.266. The Hall–Kier alpha value is -2.14. The number of carbonyl (C=O) groups excluding carboxylic acids is 1. The zero-order chi connectivity index (χ0) is 19.2. The molecule has 0 saturated carbocycles. The molecule has 0 saturated heterocycles. The standard InChI is InChI=1S/C18H26N6O2.HI/c1-4-20-17(21-9-13-5-7-14(8-6-13)16(19)25)22-12-18(2,26)15-10-23-24(3)11-15;/h5-8,10-11,26H,4,9,12H2,1-3H3,(H2,19,25)(H2,20,21,22);1H. The topological polar surface area (TPSA) is 118 Å². The number of aliphatic imine (C=N–C) groups is 1. The van der Waals surface area contributed by atoms with E-state index in [1.165, 1.54) is 0 Å². The minimum atomic E-state index is -1.08. The van der Waals surface area contributed by atoms with Gasteiger partial charge in [0.1, 0.15) is 5.60 Å². The van der Waals surface area contributed by atoms with E-state index >= 15 is 0 Å². The maximum Gasteiger partial charge on any atom is 0.248 e. The normalized spacial score (nSPS) is 13.4. The SMILES string of the molecule is CCNC(=NCc1ccc(C(N)=O)cc1)NCC(C)(O)c1cnn(C)c1.I. The van der Waals surface area contributed by atoms with E-state index < -0.39 is 11.5 Å². The fourth-order valence-corrected chi connectivity index (χ4v) is 2.34. The maximum atomic E-state index is 11.1. The van der Waals surface area contributed by atoms with E-state index in [4.69, 9.17) is 5.73 Å². The van der Waals surface area contributed by atoms with Crippen LogP contribution in [0.4, 0.5) is 0 Å². The highest BCUT2D eigenvalue weighted by Crippen LogP contribution is 2.18. The van der Waals surface area contributed by atoms with Crippen molar-refractivity contribution >= 4 is 35.8 Å². The van der Waals surface area contributed by atoms with Gasteiger partial charge in [0.05, 0.1) is 19.3 Å². The fourth-order valence-electron chi connectivity index (χ4n) is 2.34. The van der Waals surface area contributed by atoms with Crippen LogP contribution in [0.1, 0.15) is 35.3 Å². The zero-order valence-electron chi connectivity index (χ0n) is 15.8. The number of hydrogen-bond donors (Lipinski definition) is 4. The molecule has 5 N–H and O–H groups in total. The van der Waals surface area contributed by atoms with Gasteiger partial charge in [-0.3, -0.25) is 9.48 Å². The molecule has 1 aromatic heterocycles. The first-order chi connectivity index (χ1) is 12.3. The van der Waals surface area contributed by atoms with Crippen LogP contribution in [0.15, 0.2) is 41.7 Å². The molecule has 0 bridgehead atoms. The van der Waals surface area contributed by atoms with Crippen molar-refractivity contribution in [1.82, 2.24) is 20.4 Å². The van der Waals surface area contributed by atoms with E-state index in [2.05, 4.69) is 20.7 Å². The minimum Gasteiger partial charge on any atom is -0.383 e. The smallest absolute Gasteiger partial charge is 0.248 e. The number of nitrogens with one attached hydrogen (secondary N) is 2. The second kappa shape index (κ2) is 10.3. The van der Waals surface area contributed by atoms with Gasteiger partial charge in [-0.05, 0) is 31.5 Å². The van der Waals surface area contributed by atoms with E-state index in [1.54, 1.807) is 36.1 Å². The van der Waals surface area contributed by atoms with Crippen molar-refractivity contribution < 1.29 is 9.90 Å². The number of aryl methyl sites for hydroxylation is 1. The van der Waals surface area contributed by atoms with Crippen LogP contribution in [-0.4, -0.2) is 39.8 Å². The Labute approximate surface area is 176 Å². The van der Waals surface area contributed by atoms with E-state index in [1.807, 2.05) is 26.1 Å². The van der Waals surface area contributed by atoms with Crippen LogP contribution in [0, 0.1) is 0 Å². The summed E-state index contributed by atoms with van der Waals surface area (Å²) in [4.78, 5) is 15.6. The molecule has 0 radical (unpaired) electrons. The summed E-state index contributed by atoms with van der Waals surface area (Å²) in [5, 5.41) is 21.0. The predicted molar refractivity (Wildman–Crippen MR) is 116 cm³/mol. The summed E-state index contributed by atoms with van der Waals surface area (Å²) in [5.41, 5.74) is 6.31. The second-order valence-electron chi connectivity index (χ2n) is 6.29. The lowest BCUT2D eigenvalue weighted by molar-refractivity contribution is 0.0616. The number of halogens is 1. The minimum absolute atomic E-state index is 0. The zero-order valence-corrected chi connectivity index (χ0v) is 18.1. The van der Waals surface area contributed by atoms with Crippen molar-refractivity contribution in [2.24, 2.45) is 17.8 Å². The highest BCUT2D eigenvalue weighted by molar-refractivity contribution is 14.0. The van der Waals surface area contributed by atoms with Crippen molar-refractivity contribution in [3.63, 3.8) is 0 Å². The largest absolute Gasteiger partial charge is 0.383 e. The molecule has 27 heavy (non-hydrogen) atoms. The molecule has 8 nitrogen and oxygen atoms in total. The van der Waals surface area contributed by atoms with E-state index in [9.17, 15) is 9.90 Å². The van der Waals surface area contributed by atoms with Gasteiger partial charge in [0, 0.05) is 30.9 Å². The Morgan fingerprint density at radius 2 is 2.00 bits per heavy atom. The molecular weight excluding hydrogens is 459 g/mol. The molecule has 0 fully saturated rings. The van der Waals surface area contributed by atoms with Gasteiger partial charge >= 0.3 is 0 Å². The molecule has 1 aromatic carbocycles. The molecule has 1 atom stereocenters. The first-order valence-corrected chi connectivity index (χ1v) is 8.44. The number of aliphatic hydroxyl groups is 1. The first kappa shape index (κ1) is 22.9. The molecule has 1 unspecified atom stereocenters. The van der Waals surface area contributed by atoms with Gasteiger partial charge in [0.15, 0.2) is 5.96 Å². The van der Waals surface area contributed by atoms with E-state index in [0.29, 0.717) is 24.6 Å². The van der Waals surface area contributed by atoms with Crippen molar-refractivity contribution in [3.05, 3.63) is 53.3 Å². The number of aromatic nitrogens is 2. The molecule has 0 spiro atoms. The van der Waals surface area contributed by atoms with Gasteiger partial charge in [-0.1, -0.05) is 12.1 Å². The van der Waals surface area contributed by atoms with Crippen molar-refractivity contribution in [2.75, 3.05) is 13.1 Å². The molecule has 9 heteroatoms. The number of primary amides is 1. The Morgan fingerprint density at radius 1 is 1.33 bits per heavy atom. The summed E-state index contributed by atoms with van der Waals surface area (Å²) in [5.74, 6) is 0.142. The third kappa shape index (κ3) is 6.83. The van der Waals surface area contributed by atoms with Gasteiger partial charge < -0.3 is 21.5 Å². The van der Waals surface area contributed by atoms with Crippen molar-refractivity contribution in [1.29, 1.82) is 0 Å². The number of benzene rings is 1. The van der Waals surface area contributed by atoms with Gasteiger partial charge in [-0.2, -0.15) is 5.10 Å². The summed E-state index contributed by atoms with van der Waals surface area (Å²) in [7, 11) is 1.81. The molecule has 2 rings (SSSR count). The lowest BCUT2D eigenvalue weighted by Gasteiger charge is -2.23. The summed E-state index contributed by atoms with van der Waals surface area (Å²) >= 11 is 0. The molecule has 148 valence electrons. The first-order valence-electron chi connectivity index (χ1n) is 8.44. The molecule has 0 aliphatic carbocycles. The summed E-state index contributed by atoms with van der Waals surface area (Å²) in [6.07, 6.45) is 3.43. The molecule has 1 amide bonds. The monoisotopic (exact) mass is 486 g/mol. The third-order valence-electron chi connectivity index (χ3n) is 3.93. The van der Waals surface area contributed by atoms with Crippen molar-refractivity contribution in [2.45, 2.75) is 26.0 Å². The maximum absolute atomic E-state index is 11.1. The number of hydrogen-bond acceptors (Lipinski definition) is 4. The molecule has 1 heterocycles. The van der Waals surface area contributed by atoms with Crippen LogP contribution in [0.25, 0.3) is 0 Å². The van der Waals surface area contributed by atoms with Crippen LogP contribution < -0.4 is 16.4 Å². The molecule has 0 aliphatic heterocycles. The third-order valence-corrected chi connectivity index (χ3v) is 3.93.